The summed E-state index contributed by atoms with van der Waals surface area (Å²) in [5.74, 6) is -0.571. The summed E-state index contributed by atoms with van der Waals surface area (Å²) in [7, 11) is 0. The van der Waals surface area contributed by atoms with E-state index in [4.69, 9.17) is 23.8 Å². The predicted molar refractivity (Wildman–Crippen MR) is 152 cm³/mol. The van der Waals surface area contributed by atoms with Crippen LogP contribution in [0.5, 0.6) is 0 Å². The fraction of sp³-hybridized carbons (Fsp3) is 0.207. The molecule has 38 heavy (non-hydrogen) atoms. The Bertz CT molecular complexity index is 1490. The lowest BCUT2D eigenvalue weighted by Gasteiger charge is -2.29. The maximum Gasteiger partial charge on any atom is 0.226 e. The Hall–Kier alpha value is -3.75. The van der Waals surface area contributed by atoms with Gasteiger partial charge in [-0.3, -0.25) is 9.78 Å². The van der Waals surface area contributed by atoms with E-state index in [0.29, 0.717) is 11.7 Å². The zero-order valence-electron chi connectivity index (χ0n) is 21.0. The van der Waals surface area contributed by atoms with Crippen LogP contribution < -0.4 is 10.6 Å². The second-order valence-electron chi connectivity index (χ2n) is 9.34. The number of aryl methyl sites for hydroxylation is 2. The summed E-state index contributed by atoms with van der Waals surface area (Å²) in [6, 6.07) is 19.8. The Morgan fingerprint density at radius 3 is 2.74 bits per heavy atom. The number of pyridine rings is 1. The van der Waals surface area contributed by atoms with Crippen molar-refractivity contribution in [3.05, 3.63) is 112 Å². The van der Waals surface area contributed by atoms with Gasteiger partial charge in [0, 0.05) is 42.4 Å². The van der Waals surface area contributed by atoms with Crippen molar-refractivity contribution < 1.29 is 9.18 Å². The third-order valence-corrected chi connectivity index (χ3v) is 7.35. The Kier molecular flexibility index (Phi) is 7.44. The molecule has 9 heteroatoms. The summed E-state index contributed by atoms with van der Waals surface area (Å²) >= 11 is 11.9. The molecule has 0 unspecified atom stereocenters. The van der Waals surface area contributed by atoms with E-state index < -0.39 is 5.82 Å². The molecule has 3 heterocycles. The minimum absolute atomic E-state index is 0.0449. The number of rotatable bonds is 7. The highest BCUT2D eigenvalue weighted by atomic mass is 35.5. The predicted octanol–water partition coefficient (Wildman–Crippen LogP) is 6.28. The normalized spacial score (nSPS) is 16.9. The van der Waals surface area contributed by atoms with E-state index in [2.05, 4.69) is 15.6 Å². The lowest BCUT2D eigenvalue weighted by Crippen LogP contribution is -2.33. The quantitative estimate of drug-likeness (QED) is 0.267. The first-order valence-corrected chi connectivity index (χ1v) is 13.1. The number of amides is 1. The first kappa shape index (κ1) is 25.9. The van der Waals surface area contributed by atoms with E-state index >= 15 is 0 Å². The van der Waals surface area contributed by atoms with Gasteiger partial charge in [-0.05, 0) is 85.7 Å². The monoisotopic (exact) mass is 547 g/mol. The molecule has 2 aromatic heterocycles. The van der Waals surface area contributed by atoms with Gasteiger partial charge in [-0.25, -0.2) is 4.39 Å². The molecular formula is C29H27ClFN5OS. The van der Waals surface area contributed by atoms with E-state index in [-0.39, 0.29) is 29.4 Å². The molecule has 6 nitrogen and oxygen atoms in total. The molecule has 0 bridgehead atoms. The van der Waals surface area contributed by atoms with Crippen LogP contribution in [0, 0.1) is 19.7 Å². The summed E-state index contributed by atoms with van der Waals surface area (Å²) in [6.07, 6.45) is 3.89. The Morgan fingerprint density at radius 1 is 1.13 bits per heavy atom. The third-order valence-electron chi connectivity index (χ3n) is 6.71. The van der Waals surface area contributed by atoms with Crippen molar-refractivity contribution in [2.45, 2.75) is 32.4 Å². The van der Waals surface area contributed by atoms with Crippen molar-refractivity contribution in [1.29, 1.82) is 0 Å². The van der Waals surface area contributed by atoms with E-state index in [0.717, 1.165) is 33.9 Å². The number of carbonyl (C=O) groups excluding carboxylic acids is 1. The zero-order chi connectivity index (χ0) is 26.8. The Morgan fingerprint density at radius 2 is 1.97 bits per heavy atom. The van der Waals surface area contributed by atoms with Crippen LogP contribution in [-0.2, 0) is 4.79 Å². The second kappa shape index (κ2) is 10.9. The number of hydrogen-bond acceptors (Lipinski definition) is 3. The summed E-state index contributed by atoms with van der Waals surface area (Å²) < 4.78 is 15.9. The molecule has 2 atom stereocenters. The van der Waals surface area contributed by atoms with Crippen molar-refractivity contribution in [3.63, 3.8) is 0 Å². The number of carbonyl (C=O) groups is 1. The number of halogens is 2. The largest absolute Gasteiger partial charge is 0.352 e. The topological polar surface area (TPSA) is 62.2 Å². The highest BCUT2D eigenvalue weighted by Crippen LogP contribution is 2.40. The van der Waals surface area contributed by atoms with Crippen molar-refractivity contribution in [1.82, 2.24) is 19.8 Å². The van der Waals surface area contributed by atoms with Gasteiger partial charge in [-0.15, -0.1) is 0 Å². The van der Waals surface area contributed by atoms with Crippen molar-refractivity contribution >= 4 is 40.5 Å². The van der Waals surface area contributed by atoms with Gasteiger partial charge in [-0.2, -0.15) is 0 Å². The van der Waals surface area contributed by atoms with E-state index in [9.17, 15) is 9.18 Å². The molecule has 4 aromatic rings. The minimum atomic E-state index is -0.476. The molecular weight excluding hydrogens is 521 g/mol. The van der Waals surface area contributed by atoms with Crippen molar-refractivity contribution in [2.24, 2.45) is 0 Å². The maximum atomic E-state index is 13.9. The molecule has 194 valence electrons. The molecule has 0 spiro atoms. The average molecular weight is 548 g/mol. The zero-order valence-corrected chi connectivity index (χ0v) is 22.6. The van der Waals surface area contributed by atoms with Gasteiger partial charge in [-0.1, -0.05) is 29.8 Å². The van der Waals surface area contributed by atoms with Crippen LogP contribution in [0.15, 0.2) is 79.1 Å². The maximum absolute atomic E-state index is 13.9. The first-order valence-electron chi connectivity index (χ1n) is 12.3. The molecule has 1 fully saturated rings. The van der Waals surface area contributed by atoms with Gasteiger partial charge < -0.3 is 20.1 Å². The molecule has 1 aliphatic heterocycles. The van der Waals surface area contributed by atoms with Crippen LogP contribution in [-0.4, -0.2) is 32.0 Å². The fourth-order valence-electron chi connectivity index (χ4n) is 4.78. The van der Waals surface area contributed by atoms with Gasteiger partial charge in [0.15, 0.2) is 5.11 Å². The molecule has 1 amide bonds. The molecule has 5 rings (SSSR count). The van der Waals surface area contributed by atoms with Gasteiger partial charge in [0.1, 0.15) is 5.82 Å². The number of hydrogen-bond donors (Lipinski definition) is 2. The standard InChI is InChI=1S/C29H27ClFN5OS/c1-18-8-9-19(2)24(16-18)33-26(37)12-15-36-28(27(34-29(36)38)23-6-3-4-13-32-23)25-7-5-14-35(25)20-10-11-22(31)21(30)17-20/h3-11,13-14,16-17,27-28H,12,15H2,1-2H3,(H,33,37)(H,34,38)/t27-,28-/m1/s1. The van der Waals surface area contributed by atoms with Crippen LogP contribution in [0.2, 0.25) is 5.02 Å². The molecule has 1 saturated heterocycles. The number of aromatic nitrogens is 2. The summed E-state index contributed by atoms with van der Waals surface area (Å²) in [5.41, 5.74) is 5.35. The smallest absolute Gasteiger partial charge is 0.226 e. The van der Waals surface area contributed by atoms with E-state index in [1.54, 1.807) is 18.3 Å². The van der Waals surface area contributed by atoms with Crippen LogP contribution >= 0.6 is 23.8 Å². The Labute approximate surface area is 231 Å². The van der Waals surface area contributed by atoms with Crippen LogP contribution in [0.3, 0.4) is 0 Å². The van der Waals surface area contributed by atoms with Crippen molar-refractivity contribution in [3.8, 4) is 5.69 Å². The van der Waals surface area contributed by atoms with Gasteiger partial charge in [0.25, 0.3) is 0 Å². The van der Waals surface area contributed by atoms with Gasteiger partial charge in [0.2, 0.25) is 5.91 Å². The van der Waals surface area contributed by atoms with Crippen LogP contribution in [0.4, 0.5) is 10.1 Å². The molecule has 2 N–H and O–H groups in total. The fourth-order valence-corrected chi connectivity index (χ4v) is 5.28. The van der Waals surface area contributed by atoms with Crippen molar-refractivity contribution in [2.75, 3.05) is 11.9 Å². The summed E-state index contributed by atoms with van der Waals surface area (Å²) in [6.45, 7) is 4.36. The highest BCUT2D eigenvalue weighted by Gasteiger charge is 2.41. The highest BCUT2D eigenvalue weighted by molar-refractivity contribution is 7.80. The van der Waals surface area contributed by atoms with E-state index in [1.807, 2.05) is 78.0 Å². The number of thiocarbonyl (C=S) groups is 1. The van der Waals surface area contributed by atoms with E-state index in [1.165, 1.54) is 6.07 Å². The SMILES string of the molecule is Cc1ccc(C)c(NC(=O)CCN2C(=S)N[C@H](c3ccccn3)[C@H]2c2cccn2-c2ccc(F)c(Cl)c2)c1. The first-order chi connectivity index (χ1) is 18.3. The molecule has 0 saturated carbocycles. The minimum Gasteiger partial charge on any atom is -0.352 e. The van der Waals surface area contributed by atoms with Crippen LogP contribution in [0.1, 0.15) is 41.0 Å². The third kappa shape index (κ3) is 5.28. The van der Waals surface area contributed by atoms with Crippen LogP contribution in [0.25, 0.3) is 5.69 Å². The lowest BCUT2D eigenvalue weighted by atomic mass is 10.0. The molecule has 2 aromatic carbocycles. The number of nitrogens with one attached hydrogen (secondary N) is 2. The summed E-state index contributed by atoms with van der Waals surface area (Å²) in [4.78, 5) is 19.6. The van der Waals surface area contributed by atoms with Gasteiger partial charge >= 0.3 is 0 Å². The number of anilines is 1. The second-order valence-corrected chi connectivity index (χ2v) is 10.1. The Balaban J connectivity index is 1.45. The number of nitrogens with zero attached hydrogens (tertiary/aromatic N) is 3. The lowest BCUT2D eigenvalue weighted by molar-refractivity contribution is -0.116. The molecule has 1 aliphatic rings. The average Bonchev–Trinajstić information content (AvgIpc) is 3.51. The number of benzene rings is 2. The van der Waals surface area contributed by atoms with Gasteiger partial charge in [0.05, 0.1) is 22.8 Å². The summed E-state index contributed by atoms with van der Waals surface area (Å²) in [5, 5.41) is 7.03. The molecule has 0 radical (unpaired) electrons. The molecule has 0 aliphatic carbocycles.